The van der Waals surface area contributed by atoms with Crippen LogP contribution in [-0.2, 0) is 9.53 Å². The molecule has 0 heterocycles. The standard InChI is InChI=1S/C12H13FN2O6/c1-21-8(5-11(16)17)6-14-12(18)9-3-2-7(15(19)20)4-10(9)13/h2-4,8H,5-6H2,1H3,(H,14,18)(H,16,17). The van der Waals surface area contributed by atoms with Crippen LogP contribution >= 0.6 is 0 Å². The third kappa shape index (κ3) is 4.80. The first-order valence-corrected chi connectivity index (χ1v) is 5.82. The molecule has 1 unspecified atom stereocenters. The van der Waals surface area contributed by atoms with Gasteiger partial charge in [-0.1, -0.05) is 0 Å². The Morgan fingerprint density at radius 1 is 1.52 bits per heavy atom. The third-order valence-electron chi connectivity index (χ3n) is 2.63. The van der Waals surface area contributed by atoms with E-state index in [1.807, 2.05) is 0 Å². The van der Waals surface area contributed by atoms with Crippen LogP contribution in [0.2, 0.25) is 0 Å². The molecule has 0 aliphatic rings. The van der Waals surface area contributed by atoms with Crippen LogP contribution in [0.25, 0.3) is 0 Å². The molecule has 1 aromatic carbocycles. The van der Waals surface area contributed by atoms with Gasteiger partial charge in [0.15, 0.2) is 0 Å². The van der Waals surface area contributed by atoms with Crippen LogP contribution in [-0.4, -0.2) is 41.7 Å². The fraction of sp³-hybridized carbons (Fsp3) is 0.333. The summed E-state index contributed by atoms with van der Waals surface area (Å²) in [5.41, 5.74) is -0.838. The third-order valence-corrected chi connectivity index (χ3v) is 2.63. The van der Waals surface area contributed by atoms with Crippen molar-refractivity contribution in [3.05, 3.63) is 39.7 Å². The molecule has 2 N–H and O–H groups in total. The molecule has 0 bridgehead atoms. The summed E-state index contributed by atoms with van der Waals surface area (Å²) < 4.78 is 18.4. The minimum Gasteiger partial charge on any atom is -0.481 e. The van der Waals surface area contributed by atoms with Crippen molar-refractivity contribution < 1.29 is 28.7 Å². The van der Waals surface area contributed by atoms with Gasteiger partial charge in [-0.15, -0.1) is 0 Å². The molecule has 0 aromatic heterocycles. The monoisotopic (exact) mass is 300 g/mol. The number of nitrogens with one attached hydrogen (secondary N) is 1. The Kier molecular flexibility index (Phi) is 5.73. The second-order valence-corrected chi connectivity index (χ2v) is 4.09. The van der Waals surface area contributed by atoms with Crippen LogP contribution in [0.15, 0.2) is 18.2 Å². The van der Waals surface area contributed by atoms with Crippen LogP contribution < -0.4 is 5.32 Å². The normalized spacial score (nSPS) is 11.7. The second kappa shape index (κ2) is 7.29. The van der Waals surface area contributed by atoms with Crippen molar-refractivity contribution >= 4 is 17.6 Å². The highest BCUT2D eigenvalue weighted by Gasteiger charge is 2.18. The Morgan fingerprint density at radius 2 is 2.19 bits per heavy atom. The first-order valence-electron chi connectivity index (χ1n) is 5.82. The number of rotatable bonds is 7. The summed E-state index contributed by atoms with van der Waals surface area (Å²) in [6, 6.07) is 2.63. The Bertz CT molecular complexity index is 563. The average Bonchev–Trinajstić information content (AvgIpc) is 2.42. The highest BCUT2D eigenvalue weighted by atomic mass is 19.1. The molecule has 0 saturated heterocycles. The number of benzene rings is 1. The number of carboxylic acid groups (broad SMARTS) is 1. The van der Waals surface area contributed by atoms with Gasteiger partial charge < -0.3 is 15.2 Å². The van der Waals surface area contributed by atoms with Gasteiger partial charge in [0.05, 0.1) is 29.1 Å². The lowest BCUT2D eigenvalue weighted by Crippen LogP contribution is -2.34. The van der Waals surface area contributed by atoms with E-state index in [2.05, 4.69) is 5.32 Å². The van der Waals surface area contributed by atoms with Crippen molar-refractivity contribution in [1.82, 2.24) is 5.32 Å². The van der Waals surface area contributed by atoms with E-state index in [1.165, 1.54) is 7.11 Å². The van der Waals surface area contributed by atoms with Crippen LogP contribution in [0.3, 0.4) is 0 Å². The Morgan fingerprint density at radius 3 is 2.67 bits per heavy atom. The molecule has 0 radical (unpaired) electrons. The fourth-order valence-electron chi connectivity index (χ4n) is 1.54. The number of nitro groups is 1. The average molecular weight is 300 g/mol. The van der Waals surface area contributed by atoms with Crippen molar-refractivity contribution in [3.63, 3.8) is 0 Å². The predicted molar refractivity (Wildman–Crippen MR) is 68.4 cm³/mol. The number of nitro benzene ring substituents is 1. The molecule has 1 atom stereocenters. The minimum atomic E-state index is -1.10. The van der Waals surface area contributed by atoms with Crippen LogP contribution in [0, 0.1) is 15.9 Å². The maximum atomic E-state index is 13.6. The first kappa shape index (κ1) is 16.5. The molecular weight excluding hydrogens is 287 g/mol. The summed E-state index contributed by atoms with van der Waals surface area (Å²) >= 11 is 0. The summed E-state index contributed by atoms with van der Waals surface area (Å²) in [4.78, 5) is 31.9. The van der Waals surface area contributed by atoms with E-state index < -0.39 is 34.4 Å². The molecule has 8 nitrogen and oxygen atoms in total. The maximum absolute atomic E-state index is 13.6. The summed E-state index contributed by atoms with van der Waals surface area (Å²) in [6.07, 6.45) is -1.08. The summed E-state index contributed by atoms with van der Waals surface area (Å²) in [5.74, 6) is -2.94. The Balaban J connectivity index is 2.71. The van der Waals surface area contributed by atoms with Crippen LogP contribution in [0.1, 0.15) is 16.8 Å². The summed E-state index contributed by atoms with van der Waals surface area (Å²) in [7, 11) is 1.28. The van der Waals surface area contributed by atoms with Gasteiger partial charge in [0, 0.05) is 19.7 Å². The number of carboxylic acids is 1. The van der Waals surface area contributed by atoms with E-state index >= 15 is 0 Å². The SMILES string of the molecule is COC(CNC(=O)c1ccc([N+](=O)[O-])cc1F)CC(=O)O. The molecule has 9 heteroatoms. The number of hydrogen-bond acceptors (Lipinski definition) is 5. The van der Waals surface area contributed by atoms with Crippen molar-refractivity contribution in [2.75, 3.05) is 13.7 Å². The Labute approximate surface area is 118 Å². The van der Waals surface area contributed by atoms with E-state index in [4.69, 9.17) is 9.84 Å². The smallest absolute Gasteiger partial charge is 0.306 e. The number of methoxy groups -OCH3 is 1. The molecule has 1 rings (SSSR count). The summed E-state index contributed by atoms with van der Waals surface area (Å²) in [5, 5.41) is 21.4. The van der Waals surface area contributed by atoms with E-state index in [9.17, 15) is 24.1 Å². The van der Waals surface area contributed by atoms with Gasteiger partial charge in [-0.2, -0.15) is 0 Å². The highest BCUT2D eigenvalue weighted by Crippen LogP contribution is 2.16. The molecule has 21 heavy (non-hydrogen) atoms. The first-order chi connectivity index (χ1) is 9.85. The lowest BCUT2D eigenvalue weighted by atomic mass is 10.1. The second-order valence-electron chi connectivity index (χ2n) is 4.09. The van der Waals surface area contributed by atoms with Crippen LogP contribution in [0.4, 0.5) is 10.1 Å². The molecule has 0 fully saturated rings. The number of ether oxygens (including phenoxy) is 1. The van der Waals surface area contributed by atoms with E-state index in [-0.39, 0.29) is 18.5 Å². The van der Waals surface area contributed by atoms with Gasteiger partial charge in [0.2, 0.25) is 0 Å². The fourth-order valence-corrected chi connectivity index (χ4v) is 1.54. The lowest BCUT2D eigenvalue weighted by Gasteiger charge is -2.14. The van der Waals surface area contributed by atoms with Gasteiger partial charge in [-0.3, -0.25) is 19.7 Å². The molecule has 0 aliphatic heterocycles. The topological polar surface area (TPSA) is 119 Å². The molecule has 1 amide bonds. The molecular formula is C12H13FN2O6. The zero-order valence-electron chi connectivity index (χ0n) is 11.0. The predicted octanol–water partition coefficient (Wildman–Crippen LogP) is 0.953. The van der Waals surface area contributed by atoms with Crippen molar-refractivity contribution in [2.45, 2.75) is 12.5 Å². The number of nitrogens with zero attached hydrogens (tertiary/aromatic N) is 1. The van der Waals surface area contributed by atoms with Crippen molar-refractivity contribution in [1.29, 1.82) is 0 Å². The molecule has 0 spiro atoms. The quantitative estimate of drug-likeness (QED) is 0.571. The lowest BCUT2D eigenvalue weighted by molar-refractivity contribution is -0.385. The summed E-state index contributed by atoms with van der Waals surface area (Å²) in [6.45, 7) is -0.127. The number of hydrogen-bond donors (Lipinski definition) is 2. The minimum absolute atomic E-state index is 0.127. The maximum Gasteiger partial charge on any atom is 0.306 e. The highest BCUT2D eigenvalue weighted by molar-refractivity contribution is 5.94. The van der Waals surface area contributed by atoms with Gasteiger partial charge in [0.1, 0.15) is 5.82 Å². The number of non-ortho nitro benzene ring substituents is 1. The van der Waals surface area contributed by atoms with Gasteiger partial charge in [-0.05, 0) is 6.07 Å². The van der Waals surface area contributed by atoms with Crippen LogP contribution in [0.5, 0.6) is 0 Å². The molecule has 0 aliphatic carbocycles. The number of aliphatic carboxylic acids is 1. The number of halogens is 1. The van der Waals surface area contributed by atoms with Gasteiger partial charge in [-0.25, -0.2) is 4.39 Å². The van der Waals surface area contributed by atoms with Crippen molar-refractivity contribution in [2.24, 2.45) is 0 Å². The number of carbonyl (C=O) groups excluding carboxylic acids is 1. The number of amides is 1. The largest absolute Gasteiger partial charge is 0.481 e. The zero-order chi connectivity index (χ0) is 16.0. The number of carbonyl (C=O) groups is 2. The van der Waals surface area contributed by atoms with Gasteiger partial charge in [0.25, 0.3) is 11.6 Å². The molecule has 114 valence electrons. The van der Waals surface area contributed by atoms with Gasteiger partial charge >= 0.3 is 5.97 Å². The van der Waals surface area contributed by atoms with E-state index in [0.717, 1.165) is 12.1 Å². The molecule has 1 aromatic rings. The zero-order valence-corrected chi connectivity index (χ0v) is 11.0. The molecule has 0 saturated carbocycles. The van der Waals surface area contributed by atoms with E-state index in [1.54, 1.807) is 0 Å². The van der Waals surface area contributed by atoms with E-state index in [0.29, 0.717) is 6.07 Å². The Hall–Kier alpha value is -2.55. The van der Waals surface area contributed by atoms with Crippen molar-refractivity contribution in [3.8, 4) is 0 Å².